The predicted octanol–water partition coefficient (Wildman–Crippen LogP) is 1.15. The van der Waals surface area contributed by atoms with Gasteiger partial charge in [-0.3, -0.25) is 4.90 Å². The highest BCUT2D eigenvalue weighted by atomic mass is 32.1. The SMILES string of the molecule is Cc1nnc(N2CCC(N3CCOCC3)CC2)s1. The van der Waals surface area contributed by atoms with E-state index in [1.807, 2.05) is 6.92 Å². The number of piperidine rings is 1. The van der Waals surface area contributed by atoms with Crippen LogP contribution in [0.4, 0.5) is 5.13 Å². The summed E-state index contributed by atoms with van der Waals surface area (Å²) in [4.78, 5) is 4.97. The smallest absolute Gasteiger partial charge is 0.208 e. The first kappa shape index (κ1) is 12.3. The molecule has 2 fully saturated rings. The molecule has 0 radical (unpaired) electrons. The maximum atomic E-state index is 5.42. The van der Waals surface area contributed by atoms with Crippen molar-refractivity contribution in [3.63, 3.8) is 0 Å². The molecule has 0 spiro atoms. The zero-order valence-electron chi connectivity index (χ0n) is 10.8. The van der Waals surface area contributed by atoms with Gasteiger partial charge in [0.05, 0.1) is 13.2 Å². The Labute approximate surface area is 112 Å². The first-order valence-corrected chi connectivity index (χ1v) is 7.51. The van der Waals surface area contributed by atoms with Crippen LogP contribution in [0.2, 0.25) is 0 Å². The quantitative estimate of drug-likeness (QED) is 0.805. The van der Waals surface area contributed by atoms with Crippen LogP contribution in [0.3, 0.4) is 0 Å². The fourth-order valence-corrected chi connectivity index (χ4v) is 3.52. The molecule has 2 saturated heterocycles. The van der Waals surface area contributed by atoms with E-state index in [2.05, 4.69) is 20.0 Å². The molecule has 0 bridgehead atoms. The minimum Gasteiger partial charge on any atom is -0.379 e. The van der Waals surface area contributed by atoms with E-state index in [1.54, 1.807) is 11.3 Å². The van der Waals surface area contributed by atoms with Crippen LogP contribution in [-0.2, 0) is 4.74 Å². The second kappa shape index (κ2) is 5.50. The molecule has 1 aromatic rings. The molecule has 5 nitrogen and oxygen atoms in total. The van der Waals surface area contributed by atoms with Gasteiger partial charge in [0, 0.05) is 32.2 Å². The highest BCUT2D eigenvalue weighted by Gasteiger charge is 2.26. The molecular weight excluding hydrogens is 248 g/mol. The van der Waals surface area contributed by atoms with Crippen LogP contribution in [0.1, 0.15) is 17.8 Å². The summed E-state index contributed by atoms with van der Waals surface area (Å²) >= 11 is 1.70. The van der Waals surface area contributed by atoms with E-state index in [9.17, 15) is 0 Å². The van der Waals surface area contributed by atoms with Gasteiger partial charge in [0.25, 0.3) is 0 Å². The lowest BCUT2D eigenvalue weighted by Crippen LogP contribution is -2.49. The van der Waals surface area contributed by atoms with Crippen molar-refractivity contribution < 1.29 is 4.74 Å². The Kier molecular flexibility index (Phi) is 3.77. The zero-order chi connectivity index (χ0) is 12.4. The average molecular weight is 268 g/mol. The molecule has 3 rings (SSSR count). The highest BCUT2D eigenvalue weighted by Crippen LogP contribution is 2.25. The van der Waals surface area contributed by atoms with Crippen molar-refractivity contribution in [2.24, 2.45) is 0 Å². The molecule has 2 aliphatic heterocycles. The van der Waals surface area contributed by atoms with Crippen molar-refractivity contribution in [3.8, 4) is 0 Å². The van der Waals surface area contributed by atoms with Gasteiger partial charge in [0.15, 0.2) is 0 Å². The van der Waals surface area contributed by atoms with Crippen LogP contribution >= 0.6 is 11.3 Å². The maximum Gasteiger partial charge on any atom is 0.208 e. The zero-order valence-corrected chi connectivity index (χ0v) is 11.7. The van der Waals surface area contributed by atoms with Crippen molar-refractivity contribution in [1.29, 1.82) is 0 Å². The lowest BCUT2D eigenvalue weighted by molar-refractivity contribution is 0.0115. The Balaban J connectivity index is 1.54. The minimum absolute atomic E-state index is 0.735. The Morgan fingerprint density at radius 1 is 1.11 bits per heavy atom. The van der Waals surface area contributed by atoms with E-state index in [0.29, 0.717) is 0 Å². The Morgan fingerprint density at radius 2 is 1.83 bits per heavy atom. The monoisotopic (exact) mass is 268 g/mol. The van der Waals surface area contributed by atoms with Crippen molar-refractivity contribution in [2.75, 3.05) is 44.3 Å². The summed E-state index contributed by atoms with van der Waals surface area (Å²) in [6.07, 6.45) is 2.47. The lowest BCUT2D eigenvalue weighted by atomic mass is 10.0. The fourth-order valence-electron chi connectivity index (χ4n) is 2.78. The number of hydrogen-bond donors (Lipinski definition) is 0. The number of anilines is 1. The predicted molar refractivity (Wildman–Crippen MR) is 72.3 cm³/mol. The molecule has 2 aliphatic rings. The van der Waals surface area contributed by atoms with Gasteiger partial charge in [0.2, 0.25) is 5.13 Å². The van der Waals surface area contributed by atoms with E-state index in [4.69, 9.17) is 4.74 Å². The van der Waals surface area contributed by atoms with Gasteiger partial charge in [-0.1, -0.05) is 11.3 Å². The molecule has 0 aliphatic carbocycles. The summed E-state index contributed by atoms with van der Waals surface area (Å²) in [7, 11) is 0. The van der Waals surface area contributed by atoms with Crippen molar-refractivity contribution in [2.45, 2.75) is 25.8 Å². The molecule has 0 N–H and O–H groups in total. The summed E-state index contributed by atoms with van der Waals surface area (Å²) < 4.78 is 5.42. The molecule has 3 heterocycles. The molecule has 0 aromatic carbocycles. The summed E-state index contributed by atoms with van der Waals surface area (Å²) in [6.45, 7) is 8.23. The summed E-state index contributed by atoms with van der Waals surface area (Å²) in [5, 5.41) is 10.5. The molecule has 0 saturated carbocycles. The molecule has 6 heteroatoms. The molecule has 0 atom stereocenters. The van der Waals surface area contributed by atoms with Crippen LogP contribution in [0, 0.1) is 6.92 Å². The fraction of sp³-hybridized carbons (Fsp3) is 0.833. The highest BCUT2D eigenvalue weighted by molar-refractivity contribution is 7.15. The molecule has 0 amide bonds. The van der Waals surface area contributed by atoms with Crippen LogP contribution < -0.4 is 4.90 Å². The maximum absolute atomic E-state index is 5.42. The normalized spacial score (nSPS) is 23.5. The molecule has 1 aromatic heterocycles. The number of aryl methyl sites for hydroxylation is 1. The van der Waals surface area contributed by atoms with Crippen LogP contribution in [0.5, 0.6) is 0 Å². The first-order valence-electron chi connectivity index (χ1n) is 6.70. The number of hydrogen-bond acceptors (Lipinski definition) is 6. The Hall–Kier alpha value is -0.720. The number of rotatable bonds is 2. The van der Waals surface area contributed by atoms with Gasteiger partial charge < -0.3 is 9.64 Å². The standard InChI is InChI=1S/C12H20N4OS/c1-10-13-14-12(18-10)16-4-2-11(3-5-16)15-6-8-17-9-7-15/h11H,2-9H2,1H3. The average Bonchev–Trinajstić information content (AvgIpc) is 2.87. The van der Waals surface area contributed by atoms with E-state index in [1.165, 1.54) is 12.8 Å². The number of aromatic nitrogens is 2. The Bertz CT molecular complexity index is 383. The van der Waals surface area contributed by atoms with Crippen molar-refractivity contribution in [1.82, 2.24) is 15.1 Å². The second-order valence-electron chi connectivity index (χ2n) is 4.97. The van der Waals surface area contributed by atoms with Crippen LogP contribution in [0.15, 0.2) is 0 Å². The van der Waals surface area contributed by atoms with Gasteiger partial charge in [-0.05, 0) is 19.8 Å². The third kappa shape index (κ3) is 2.65. The summed E-state index contributed by atoms with van der Waals surface area (Å²) in [6, 6.07) is 0.735. The minimum atomic E-state index is 0.735. The first-order chi connectivity index (χ1) is 8.83. The van der Waals surface area contributed by atoms with Gasteiger partial charge >= 0.3 is 0 Å². The van der Waals surface area contributed by atoms with E-state index in [0.717, 1.165) is 55.6 Å². The number of ether oxygens (including phenoxy) is 1. The number of nitrogens with zero attached hydrogens (tertiary/aromatic N) is 4. The summed E-state index contributed by atoms with van der Waals surface area (Å²) in [5.74, 6) is 0. The van der Waals surface area contributed by atoms with Crippen LogP contribution in [-0.4, -0.2) is 60.5 Å². The van der Waals surface area contributed by atoms with E-state index < -0.39 is 0 Å². The lowest BCUT2D eigenvalue weighted by Gasteiger charge is -2.39. The molecule has 0 unspecified atom stereocenters. The van der Waals surface area contributed by atoms with Crippen molar-refractivity contribution in [3.05, 3.63) is 5.01 Å². The van der Waals surface area contributed by atoms with Crippen molar-refractivity contribution >= 4 is 16.5 Å². The van der Waals surface area contributed by atoms with Gasteiger partial charge in [-0.2, -0.15) is 0 Å². The van der Waals surface area contributed by atoms with E-state index in [-0.39, 0.29) is 0 Å². The topological polar surface area (TPSA) is 41.5 Å². The van der Waals surface area contributed by atoms with Gasteiger partial charge in [0.1, 0.15) is 5.01 Å². The van der Waals surface area contributed by atoms with E-state index >= 15 is 0 Å². The van der Waals surface area contributed by atoms with Crippen LogP contribution in [0.25, 0.3) is 0 Å². The largest absolute Gasteiger partial charge is 0.379 e. The second-order valence-corrected chi connectivity index (χ2v) is 6.13. The third-order valence-electron chi connectivity index (χ3n) is 3.81. The number of morpholine rings is 1. The Morgan fingerprint density at radius 3 is 2.44 bits per heavy atom. The molecular formula is C12H20N4OS. The molecule has 18 heavy (non-hydrogen) atoms. The molecule has 100 valence electrons. The third-order valence-corrected chi connectivity index (χ3v) is 4.71. The van der Waals surface area contributed by atoms with Gasteiger partial charge in [-0.15, -0.1) is 10.2 Å². The van der Waals surface area contributed by atoms with Gasteiger partial charge in [-0.25, -0.2) is 0 Å². The summed E-state index contributed by atoms with van der Waals surface area (Å²) in [5.41, 5.74) is 0.